The van der Waals surface area contributed by atoms with E-state index in [0.29, 0.717) is 0 Å². The zero-order chi connectivity index (χ0) is 22.2. The molecule has 0 radical (unpaired) electrons. The molecule has 0 aliphatic carbocycles. The number of carboxylic acids is 4. The van der Waals surface area contributed by atoms with Gasteiger partial charge in [-0.15, -0.1) is 0 Å². The number of carboxylic acid groups (broad SMARTS) is 4. The molecule has 166 valence electrons. The van der Waals surface area contributed by atoms with E-state index < -0.39 is 63.0 Å². The maximum absolute atomic E-state index is 10.6. The van der Waals surface area contributed by atoms with Crippen molar-refractivity contribution in [3.63, 3.8) is 0 Å². The van der Waals surface area contributed by atoms with E-state index in [1.807, 2.05) is 0 Å². The van der Waals surface area contributed by atoms with Crippen molar-refractivity contribution < 1.29 is 72.9 Å². The van der Waals surface area contributed by atoms with Crippen molar-refractivity contribution in [2.24, 2.45) is 0 Å². The van der Waals surface area contributed by atoms with Crippen LogP contribution < -0.4 is 0 Å². The van der Waals surface area contributed by atoms with E-state index in [0.717, 1.165) is 9.80 Å². The van der Waals surface area contributed by atoms with Crippen molar-refractivity contribution >= 4 is 124 Å². The molecule has 0 unspecified atom stereocenters. The second kappa shape index (κ2) is 26.2. The Bertz CT molecular complexity index is 577. The first-order chi connectivity index (χ1) is 12.2. The molecule has 0 atom stereocenters. The van der Waals surface area contributed by atoms with Gasteiger partial charge in [0.15, 0.2) is 0 Å². The fraction of sp³-hybridized carbons (Fsp3) is 0.600. The number of hydrogen-bond acceptors (Lipinski definition) is 10. The van der Waals surface area contributed by atoms with Crippen molar-refractivity contribution in [3.05, 3.63) is 0 Å². The van der Waals surface area contributed by atoms with E-state index >= 15 is 0 Å². The van der Waals surface area contributed by atoms with E-state index in [9.17, 15) is 19.2 Å². The van der Waals surface area contributed by atoms with Gasteiger partial charge in [0, 0.05) is 13.1 Å². The van der Waals surface area contributed by atoms with E-state index in [1.54, 1.807) is 0 Å². The third-order valence-corrected chi connectivity index (χ3v) is 2.17. The van der Waals surface area contributed by atoms with Gasteiger partial charge in [0.2, 0.25) is 0 Å². The monoisotopic (exact) mass is 536 g/mol. The van der Waals surface area contributed by atoms with Gasteiger partial charge in [-0.25, -0.2) is 0 Å². The molecular formula is C10H21ClMnN2Na3O13. The molecule has 0 aromatic rings. The molecule has 0 fully saturated rings. The molecule has 20 heteroatoms. The van der Waals surface area contributed by atoms with E-state index in [1.165, 1.54) is 0 Å². The van der Waals surface area contributed by atoms with Crippen molar-refractivity contribution in [1.29, 1.82) is 0 Å². The predicted molar refractivity (Wildman–Crippen MR) is 97.2 cm³/mol. The molecular weight excluding hydrogens is 515 g/mol. The quantitative estimate of drug-likeness (QED) is 0.136. The van der Waals surface area contributed by atoms with Gasteiger partial charge in [-0.2, -0.15) is 0 Å². The molecule has 0 spiro atoms. The average molecular weight is 537 g/mol. The van der Waals surface area contributed by atoms with Crippen molar-refractivity contribution in [2.45, 2.75) is 0 Å². The molecule has 0 rings (SSSR count). The van der Waals surface area contributed by atoms with Crippen LogP contribution in [0.1, 0.15) is 0 Å². The van der Waals surface area contributed by atoms with E-state index in [4.69, 9.17) is 40.8 Å². The van der Waals surface area contributed by atoms with Gasteiger partial charge in [0.1, 0.15) is 0 Å². The first kappa shape index (κ1) is 44.6. The summed E-state index contributed by atoms with van der Waals surface area (Å²) < 4.78 is 39.5. The Balaban J connectivity index is -0.000000126. The SMILES string of the molecule is O=C(O)CN(CCN(CC(=O)O)CC(=O)O)CC(=O)O.OCl.[NaH].[NaH].[NaH].[O]=[Mn](=[O])(=[O])[OH]. The van der Waals surface area contributed by atoms with Crippen LogP contribution in [0.25, 0.3) is 0 Å². The number of carbonyl (C=O) groups is 4. The Labute approximate surface area is 243 Å². The Morgan fingerprint density at radius 1 is 0.600 bits per heavy atom. The van der Waals surface area contributed by atoms with Gasteiger partial charge in [-0.3, -0.25) is 33.6 Å². The Hall–Kier alpha value is 0.929. The van der Waals surface area contributed by atoms with Crippen LogP contribution in [0.2, 0.25) is 0 Å². The molecule has 0 amide bonds. The average Bonchev–Trinajstić information content (AvgIpc) is 2.42. The van der Waals surface area contributed by atoms with Crippen molar-refractivity contribution in [3.8, 4) is 0 Å². The number of nitrogens with zero attached hydrogens (tertiary/aromatic N) is 2. The van der Waals surface area contributed by atoms with Crippen LogP contribution in [0.5, 0.6) is 0 Å². The van der Waals surface area contributed by atoms with Crippen LogP contribution in [0.3, 0.4) is 0 Å². The molecule has 0 saturated carbocycles. The van der Waals surface area contributed by atoms with Gasteiger partial charge in [0.05, 0.1) is 38.0 Å². The van der Waals surface area contributed by atoms with Crippen LogP contribution in [-0.4, -0.2) is 191 Å². The van der Waals surface area contributed by atoms with Gasteiger partial charge < -0.3 is 20.4 Å². The topological polar surface area (TPSA) is 247 Å². The third kappa shape index (κ3) is 46.9. The molecule has 0 aromatic carbocycles. The van der Waals surface area contributed by atoms with Gasteiger partial charge in [-0.05, 0) is 0 Å². The fourth-order valence-electron chi connectivity index (χ4n) is 1.48. The Morgan fingerprint density at radius 3 is 0.833 bits per heavy atom. The summed E-state index contributed by atoms with van der Waals surface area (Å²) in [6.07, 6.45) is 0. The molecule has 6 N–H and O–H groups in total. The molecule has 0 bridgehead atoms. The van der Waals surface area contributed by atoms with E-state index in [2.05, 4.69) is 11.9 Å². The minimum absolute atomic E-state index is 0. The maximum atomic E-state index is 10.6. The van der Waals surface area contributed by atoms with Crippen LogP contribution in [-0.2, 0) is 43.7 Å². The second-order valence-corrected chi connectivity index (χ2v) is 5.63. The Kier molecular flexibility index (Phi) is 38.9. The molecule has 30 heavy (non-hydrogen) atoms. The summed E-state index contributed by atoms with van der Waals surface area (Å²) in [5, 5.41) is 34.5. The van der Waals surface area contributed by atoms with Crippen LogP contribution in [0.4, 0.5) is 0 Å². The van der Waals surface area contributed by atoms with Crippen LogP contribution >= 0.6 is 11.9 Å². The number of rotatable bonds is 11. The number of halogens is 1. The predicted octanol–water partition coefficient (Wildman–Crippen LogP) is -4.80. The summed E-state index contributed by atoms with van der Waals surface area (Å²) in [5.74, 6) is -4.91. The summed E-state index contributed by atoms with van der Waals surface area (Å²) in [6, 6.07) is 0. The standard InChI is InChI=1S/C10H16N2O8.ClHO.Mn.3Na.H2O.3O.3H/c13-7(14)3-11(4-8(15)16)1-2-12(5-9(17)18)6-10(19)20;1-2;;;;;;;;;;;/h1-6H2,(H,13,14)(H,15,16)(H,17,18)(H,19,20);2H;;;;;1H2;;;;;;/q;;+1;;;;;;;;;;/p-1. The summed E-state index contributed by atoms with van der Waals surface area (Å²) >= 11 is -1.74. The van der Waals surface area contributed by atoms with Gasteiger partial charge >= 0.3 is 141 Å². The Morgan fingerprint density at radius 2 is 0.733 bits per heavy atom. The normalized spacial score (nSPS) is 9.23. The summed E-state index contributed by atoms with van der Waals surface area (Å²) in [6.45, 7) is -2.25. The van der Waals surface area contributed by atoms with Gasteiger partial charge in [0.25, 0.3) is 0 Å². The molecule has 0 heterocycles. The number of aliphatic carboxylic acids is 4. The fourth-order valence-corrected chi connectivity index (χ4v) is 1.48. The summed E-state index contributed by atoms with van der Waals surface area (Å²) in [5.41, 5.74) is 0. The van der Waals surface area contributed by atoms with Gasteiger partial charge in [-0.1, -0.05) is 0 Å². The number of hydrogen-bond donors (Lipinski definition) is 6. The molecule has 15 nitrogen and oxygen atoms in total. The zero-order valence-electron chi connectivity index (χ0n) is 13.4. The molecule has 0 saturated heterocycles. The van der Waals surface area contributed by atoms with Crippen LogP contribution in [0, 0.1) is 0 Å². The van der Waals surface area contributed by atoms with E-state index in [-0.39, 0.29) is 102 Å². The first-order valence-corrected chi connectivity index (χ1v) is 8.64. The van der Waals surface area contributed by atoms with Crippen molar-refractivity contribution in [1.82, 2.24) is 9.80 Å². The van der Waals surface area contributed by atoms with Crippen molar-refractivity contribution in [2.75, 3.05) is 39.3 Å². The molecule has 0 aliphatic rings. The molecule has 0 aliphatic heterocycles. The summed E-state index contributed by atoms with van der Waals surface area (Å²) in [7, 11) is 0. The minimum atomic E-state index is -5.38. The van der Waals surface area contributed by atoms with Crippen LogP contribution in [0.15, 0.2) is 0 Å². The molecule has 0 aromatic heterocycles. The zero-order valence-corrected chi connectivity index (χ0v) is 15.4. The summed E-state index contributed by atoms with van der Waals surface area (Å²) in [4.78, 5) is 44.4. The first-order valence-electron chi connectivity index (χ1n) is 6.32. The third-order valence-electron chi connectivity index (χ3n) is 2.17. The second-order valence-electron chi connectivity index (χ2n) is 4.39.